The Balaban J connectivity index is 0.000000204. The highest BCUT2D eigenvalue weighted by Gasteiger charge is 2.13. The molecule has 0 fully saturated rings. The molecule has 0 aliphatic carbocycles. The van der Waals surface area contributed by atoms with Crippen molar-refractivity contribution in [3.05, 3.63) is 155 Å². The van der Waals surface area contributed by atoms with Crippen LogP contribution in [0.15, 0.2) is 121 Å². The number of hydrogen-bond acceptors (Lipinski definition) is 12. The molecule has 4 aromatic heterocycles. The summed E-state index contributed by atoms with van der Waals surface area (Å²) in [6.07, 6.45) is 0.464. The van der Waals surface area contributed by atoms with E-state index in [9.17, 15) is 9.59 Å². The standard InChI is InChI=1S/C34H36N6O2.2C12H15N3/c1-21-15-31(39(3)4)27-19-25(11-13-29(27)35-21)37-33(41)17-23-7-9-24(10-8-23)18-34(42)38-26-12-14-30-28(20-26)32(40(5)6)16-22(2)36-30;2*1-8-6-12(15(2)3)10-7-9(13)4-5-11(10)14-8/h7-16,19-20H,17-18H2,1-6H3,(H,37,41)(H,38,42);2*4-7H,13H2,1-3H3. The van der Waals surface area contributed by atoms with Gasteiger partial charge in [0.15, 0.2) is 0 Å². The number of nitrogen functional groups attached to an aromatic ring is 2. The van der Waals surface area contributed by atoms with E-state index < -0.39 is 0 Å². The SMILES string of the molecule is Cc1cc(N(C)C)c2cc(N)ccc2n1.Cc1cc(N(C)C)c2cc(N)ccc2n1.Cc1cc(N(C)C)c2cc(NC(=O)Cc3ccc(CC(=O)Nc4ccc5nc(C)cc(N(C)C)c5c4)cc3)ccc2n1. The molecule has 0 radical (unpaired) electrons. The summed E-state index contributed by atoms with van der Waals surface area (Å²) in [5.74, 6) is -0.214. The second-order valence-electron chi connectivity index (χ2n) is 19.0. The van der Waals surface area contributed by atoms with Crippen LogP contribution < -0.4 is 41.7 Å². The highest BCUT2D eigenvalue weighted by Crippen LogP contribution is 2.31. The second kappa shape index (κ2) is 22.1. The van der Waals surface area contributed by atoms with Crippen LogP contribution in [-0.2, 0) is 22.4 Å². The first-order valence-electron chi connectivity index (χ1n) is 23.7. The summed E-state index contributed by atoms with van der Waals surface area (Å²) in [6, 6.07) is 39.0. The smallest absolute Gasteiger partial charge is 0.228 e. The zero-order valence-electron chi connectivity index (χ0n) is 43.5. The lowest BCUT2D eigenvalue weighted by molar-refractivity contribution is -0.116. The molecule has 0 spiro atoms. The van der Waals surface area contributed by atoms with Crippen molar-refractivity contribution in [2.45, 2.75) is 40.5 Å². The lowest BCUT2D eigenvalue weighted by Crippen LogP contribution is -2.16. The predicted molar refractivity (Wildman–Crippen MR) is 303 cm³/mol. The molecule has 0 saturated heterocycles. The van der Waals surface area contributed by atoms with Crippen LogP contribution in [-0.4, -0.2) is 88.1 Å². The second-order valence-corrected chi connectivity index (χ2v) is 19.0. The van der Waals surface area contributed by atoms with E-state index in [1.54, 1.807) is 0 Å². The minimum atomic E-state index is -0.107. The first-order chi connectivity index (χ1) is 34.2. The summed E-state index contributed by atoms with van der Waals surface area (Å²) in [5, 5.41) is 10.2. The van der Waals surface area contributed by atoms with Gasteiger partial charge in [0.1, 0.15) is 0 Å². The number of fused-ring (bicyclic) bond motifs is 4. The zero-order chi connectivity index (χ0) is 52.0. The number of nitrogens with zero attached hydrogens (tertiary/aromatic N) is 8. The Morgan fingerprint density at radius 2 is 0.653 bits per heavy atom. The summed E-state index contributed by atoms with van der Waals surface area (Å²) in [4.78, 5) is 52.1. The van der Waals surface area contributed by atoms with Gasteiger partial charge in [0.2, 0.25) is 11.8 Å². The molecular weight excluding hydrogens is 897 g/mol. The first kappa shape index (κ1) is 51.3. The van der Waals surface area contributed by atoms with Gasteiger partial charge in [0.05, 0.1) is 34.9 Å². The summed E-state index contributed by atoms with van der Waals surface area (Å²) in [5.41, 5.74) is 28.5. The van der Waals surface area contributed by atoms with Crippen LogP contribution in [0.3, 0.4) is 0 Å². The topological polar surface area (TPSA) is 175 Å². The number of anilines is 8. The number of rotatable bonds is 10. The van der Waals surface area contributed by atoms with E-state index in [4.69, 9.17) is 11.5 Å². The van der Waals surface area contributed by atoms with Crippen molar-refractivity contribution in [3.8, 4) is 0 Å². The Bertz CT molecular complexity index is 3210. The van der Waals surface area contributed by atoms with E-state index in [2.05, 4.69) is 52.5 Å². The molecule has 9 aromatic rings. The predicted octanol–water partition coefficient (Wildman–Crippen LogP) is 10.3. The van der Waals surface area contributed by atoms with Crippen molar-refractivity contribution in [1.29, 1.82) is 0 Å². The number of carbonyl (C=O) groups is 2. The van der Waals surface area contributed by atoms with E-state index in [1.807, 2.05) is 203 Å². The third-order valence-electron chi connectivity index (χ3n) is 12.0. The fourth-order valence-corrected chi connectivity index (χ4v) is 8.57. The molecule has 14 nitrogen and oxygen atoms in total. The first-order valence-corrected chi connectivity index (χ1v) is 23.7. The van der Waals surface area contributed by atoms with E-state index in [-0.39, 0.29) is 24.7 Å². The van der Waals surface area contributed by atoms with Crippen LogP contribution >= 0.6 is 0 Å². The van der Waals surface area contributed by atoms with Crippen LogP contribution in [0.4, 0.5) is 45.5 Å². The van der Waals surface area contributed by atoms with Crippen LogP contribution in [0.2, 0.25) is 0 Å². The Kier molecular flexibility index (Phi) is 15.7. The molecule has 0 unspecified atom stereocenters. The lowest BCUT2D eigenvalue weighted by Gasteiger charge is -2.17. The Morgan fingerprint density at radius 3 is 0.931 bits per heavy atom. The number of aryl methyl sites for hydroxylation is 4. The molecule has 2 amide bonds. The molecule has 4 heterocycles. The number of benzene rings is 5. The third-order valence-corrected chi connectivity index (χ3v) is 12.0. The van der Waals surface area contributed by atoms with E-state index >= 15 is 0 Å². The molecule has 14 heteroatoms. The zero-order valence-corrected chi connectivity index (χ0v) is 43.5. The molecule has 0 atom stereocenters. The van der Waals surface area contributed by atoms with Crippen molar-refractivity contribution < 1.29 is 9.59 Å². The van der Waals surface area contributed by atoms with E-state index in [0.29, 0.717) is 0 Å². The van der Waals surface area contributed by atoms with Crippen molar-refractivity contribution in [3.63, 3.8) is 0 Å². The van der Waals surface area contributed by atoms with Gasteiger partial charge < -0.3 is 41.7 Å². The van der Waals surface area contributed by atoms with Crippen LogP contribution in [0.5, 0.6) is 0 Å². The van der Waals surface area contributed by atoms with E-state index in [0.717, 1.165) is 123 Å². The number of carbonyl (C=O) groups excluding carboxylic acids is 2. The molecule has 0 aliphatic heterocycles. The van der Waals surface area contributed by atoms with Crippen LogP contribution in [0.25, 0.3) is 43.6 Å². The maximum Gasteiger partial charge on any atom is 0.228 e. The molecule has 5 aromatic carbocycles. The van der Waals surface area contributed by atoms with Crippen molar-refractivity contribution >= 4 is 101 Å². The summed E-state index contributed by atoms with van der Waals surface area (Å²) in [6.45, 7) is 7.96. The lowest BCUT2D eigenvalue weighted by atomic mass is 10.1. The minimum absolute atomic E-state index is 0.107. The van der Waals surface area contributed by atoms with Crippen molar-refractivity contribution in [2.24, 2.45) is 0 Å². The molecule has 6 N–H and O–H groups in total. The van der Waals surface area contributed by atoms with E-state index in [1.165, 1.54) is 0 Å². The summed E-state index contributed by atoms with van der Waals surface area (Å²) in [7, 11) is 16.1. The maximum absolute atomic E-state index is 12.8. The average Bonchev–Trinajstić information content (AvgIpc) is 3.31. The number of amides is 2. The Hall–Kier alpha value is -8.52. The minimum Gasteiger partial charge on any atom is -0.399 e. The number of pyridine rings is 4. The molecule has 72 heavy (non-hydrogen) atoms. The van der Waals surface area contributed by atoms with Gasteiger partial charge in [0, 0.05) is 146 Å². The number of hydrogen-bond donors (Lipinski definition) is 4. The fraction of sp³-hybridized carbons (Fsp3) is 0.241. The number of aromatic nitrogens is 4. The molecule has 0 saturated carbocycles. The Morgan fingerprint density at radius 1 is 0.389 bits per heavy atom. The Labute approximate surface area is 422 Å². The van der Waals surface area contributed by atoms with Gasteiger partial charge in [-0.2, -0.15) is 0 Å². The van der Waals surface area contributed by atoms with Gasteiger partial charge in [0.25, 0.3) is 0 Å². The number of nitrogens with two attached hydrogens (primary N) is 2. The van der Waals surface area contributed by atoms with Crippen molar-refractivity contribution in [2.75, 3.05) is 98.1 Å². The average molecular weight is 963 g/mol. The highest BCUT2D eigenvalue weighted by atomic mass is 16.2. The molecule has 9 rings (SSSR count). The largest absolute Gasteiger partial charge is 0.399 e. The maximum atomic E-state index is 12.8. The molecule has 370 valence electrons. The molecule has 0 bridgehead atoms. The quantitative estimate of drug-likeness (QED) is 0.0957. The molecular formula is C58H66N12O2. The number of nitrogens with one attached hydrogen (secondary N) is 2. The summed E-state index contributed by atoms with van der Waals surface area (Å²) >= 11 is 0. The monoisotopic (exact) mass is 963 g/mol. The van der Waals surface area contributed by atoms with Gasteiger partial charge in [-0.05, 0) is 136 Å². The van der Waals surface area contributed by atoms with Gasteiger partial charge in [-0.15, -0.1) is 0 Å². The summed E-state index contributed by atoms with van der Waals surface area (Å²) < 4.78 is 0. The van der Waals surface area contributed by atoms with Gasteiger partial charge in [-0.3, -0.25) is 29.5 Å². The molecule has 0 aliphatic rings. The van der Waals surface area contributed by atoms with Crippen LogP contribution in [0.1, 0.15) is 33.9 Å². The highest BCUT2D eigenvalue weighted by molar-refractivity contribution is 6.00. The van der Waals surface area contributed by atoms with Crippen molar-refractivity contribution in [1.82, 2.24) is 19.9 Å². The fourth-order valence-electron chi connectivity index (χ4n) is 8.57. The normalized spacial score (nSPS) is 10.8. The van der Waals surface area contributed by atoms with Gasteiger partial charge in [-0.1, -0.05) is 24.3 Å². The van der Waals surface area contributed by atoms with Gasteiger partial charge >= 0.3 is 0 Å². The van der Waals surface area contributed by atoms with Gasteiger partial charge in [-0.25, -0.2) is 0 Å². The van der Waals surface area contributed by atoms with Crippen LogP contribution in [0, 0.1) is 27.7 Å². The third kappa shape index (κ3) is 12.6.